The van der Waals surface area contributed by atoms with Gasteiger partial charge in [0, 0.05) is 6.54 Å². The molecular weight excluding hydrogens is 336 g/mol. The van der Waals surface area contributed by atoms with Gasteiger partial charge in [-0.25, -0.2) is 0 Å². The van der Waals surface area contributed by atoms with Crippen LogP contribution in [0.2, 0.25) is 0 Å². The SMILES string of the molecule is COc1cccc(C(=O)NCc2ccc(C[C@H](N)C(=O)O)cc2)c1OC. The van der Waals surface area contributed by atoms with Crippen molar-refractivity contribution in [1.82, 2.24) is 5.32 Å². The highest BCUT2D eigenvalue weighted by Gasteiger charge is 2.16. The molecule has 7 heteroatoms. The fourth-order valence-corrected chi connectivity index (χ4v) is 2.48. The minimum absolute atomic E-state index is 0.253. The number of aliphatic carboxylic acids is 1. The molecule has 138 valence electrons. The summed E-state index contributed by atoms with van der Waals surface area (Å²) in [6.07, 6.45) is 0.253. The lowest BCUT2D eigenvalue weighted by atomic mass is 10.0. The lowest BCUT2D eigenvalue weighted by Crippen LogP contribution is -2.32. The number of carbonyl (C=O) groups is 2. The van der Waals surface area contributed by atoms with Crippen LogP contribution < -0.4 is 20.5 Å². The van der Waals surface area contributed by atoms with Gasteiger partial charge in [-0.05, 0) is 29.7 Å². The molecule has 0 radical (unpaired) electrons. The normalized spacial score (nSPS) is 11.5. The number of hydrogen-bond acceptors (Lipinski definition) is 5. The number of rotatable bonds is 8. The van der Waals surface area contributed by atoms with E-state index in [0.29, 0.717) is 23.6 Å². The van der Waals surface area contributed by atoms with Gasteiger partial charge in [0.2, 0.25) is 0 Å². The number of ether oxygens (including phenoxy) is 2. The smallest absolute Gasteiger partial charge is 0.320 e. The van der Waals surface area contributed by atoms with Crippen LogP contribution in [-0.2, 0) is 17.8 Å². The quantitative estimate of drug-likeness (QED) is 0.661. The van der Waals surface area contributed by atoms with Crippen molar-refractivity contribution in [2.24, 2.45) is 5.73 Å². The molecule has 0 aliphatic heterocycles. The van der Waals surface area contributed by atoms with Gasteiger partial charge in [-0.1, -0.05) is 30.3 Å². The number of carboxylic acid groups (broad SMARTS) is 1. The third kappa shape index (κ3) is 4.73. The summed E-state index contributed by atoms with van der Waals surface area (Å²) in [5.74, 6) is -0.448. The lowest BCUT2D eigenvalue weighted by Gasteiger charge is -2.13. The van der Waals surface area contributed by atoms with Gasteiger partial charge in [-0.15, -0.1) is 0 Å². The molecule has 1 amide bonds. The Labute approximate surface area is 151 Å². The fourth-order valence-electron chi connectivity index (χ4n) is 2.48. The van der Waals surface area contributed by atoms with E-state index in [1.54, 1.807) is 30.3 Å². The third-order valence-corrected chi connectivity index (χ3v) is 3.90. The molecule has 0 aliphatic rings. The Balaban J connectivity index is 2.01. The Kier molecular flexibility index (Phi) is 6.57. The zero-order valence-electron chi connectivity index (χ0n) is 14.7. The van der Waals surface area contributed by atoms with Crippen molar-refractivity contribution < 1.29 is 24.2 Å². The van der Waals surface area contributed by atoms with E-state index in [1.807, 2.05) is 12.1 Å². The van der Waals surface area contributed by atoms with Crippen molar-refractivity contribution in [3.63, 3.8) is 0 Å². The predicted octanol–water partition coefficient (Wildman–Crippen LogP) is 1.59. The summed E-state index contributed by atoms with van der Waals surface area (Å²) >= 11 is 0. The monoisotopic (exact) mass is 358 g/mol. The Morgan fingerprint density at radius 3 is 2.31 bits per heavy atom. The Morgan fingerprint density at radius 1 is 1.08 bits per heavy atom. The number of nitrogens with one attached hydrogen (secondary N) is 1. The highest BCUT2D eigenvalue weighted by atomic mass is 16.5. The summed E-state index contributed by atoms with van der Waals surface area (Å²) in [6.45, 7) is 0.324. The van der Waals surface area contributed by atoms with Gasteiger partial charge in [-0.3, -0.25) is 9.59 Å². The molecule has 0 saturated heterocycles. The molecule has 2 aromatic rings. The molecular formula is C19H22N2O5. The number of nitrogens with two attached hydrogens (primary N) is 1. The topological polar surface area (TPSA) is 111 Å². The minimum Gasteiger partial charge on any atom is -0.493 e. The van der Waals surface area contributed by atoms with Crippen LogP contribution in [0.15, 0.2) is 42.5 Å². The fraction of sp³-hybridized carbons (Fsp3) is 0.263. The van der Waals surface area contributed by atoms with E-state index < -0.39 is 12.0 Å². The van der Waals surface area contributed by atoms with E-state index in [0.717, 1.165) is 11.1 Å². The molecule has 0 unspecified atom stereocenters. The Bertz CT molecular complexity index is 774. The average Bonchev–Trinajstić information content (AvgIpc) is 2.66. The maximum absolute atomic E-state index is 12.4. The first-order chi connectivity index (χ1) is 12.5. The van der Waals surface area contributed by atoms with E-state index in [-0.39, 0.29) is 12.3 Å². The van der Waals surface area contributed by atoms with Gasteiger partial charge >= 0.3 is 5.97 Å². The molecule has 1 atom stereocenters. The van der Waals surface area contributed by atoms with Crippen molar-refractivity contribution in [2.75, 3.05) is 14.2 Å². The van der Waals surface area contributed by atoms with Crippen LogP contribution >= 0.6 is 0 Å². The van der Waals surface area contributed by atoms with Crippen LogP contribution in [0.1, 0.15) is 21.5 Å². The number of hydrogen-bond donors (Lipinski definition) is 3. The summed E-state index contributed by atoms with van der Waals surface area (Å²) in [5, 5.41) is 11.7. The molecule has 2 rings (SSSR count). The number of amides is 1. The molecule has 2 aromatic carbocycles. The number of para-hydroxylation sites is 1. The number of benzene rings is 2. The van der Waals surface area contributed by atoms with Crippen molar-refractivity contribution >= 4 is 11.9 Å². The summed E-state index contributed by atoms with van der Waals surface area (Å²) in [6, 6.07) is 11.4. The lowest BCUT2D eigenvalue weighted by molar-refractivity contribution is -0.138. The second kappa shape index (κ2) is 8.87. The van der Waals surface area contributed by atoms with Crippen LogP contribution in [0.3, 0.4) is 0 Å². The van der Waals surface area contributed by atoms with Crippen molar-refractivity contribution in [2.45, 2.75) is 19.0 Å². The molecule has 0 saturated carbocycles. The molecule has 0 aliphatic carbocycles. The van der Waals surface area contributed by atoms with Gasteiger partial charge in [0.1, 0.15) is 6.04 Å². The molecule has 0 fully saturated rings. The van der Waals surface area contributed by atoms with E-state index in [4.69, 9.17) is 20.3 Å². The van der Waals surface area contributed by atoms with Gasteiger partial charge in [0.05, 0.1) is 19.8 Å². The molecule has 0 heterocycles. The maximum atomic E-state index is 12.4. The number of carboxylic acids is 1. The summed E-state index contributed by atoms with van der Waals surface area (Å²) in [7, 11) is 2.99. The molecule has 0 bridgehead atoms. The van der Waals surface area contributed by atoms with E-state index in [9.17, 15) is 9.59 Å². The van der Waals surface area contributed by atoms with E-state index in [1.165, 1.54) is 14.2 Å². The number of methoxy groups -OCH3 is 2. The molecule has 4 N–H and O–H groups in total. The van der Waals surface area contributed by atoms with Gasteiger partial charge < -0.3 is 25.6 Å². The largest absolute Gasteiger partial charge is 0.493 e. The minimum atomic E-state index is -1.03. The summed E-state index contributed by atoms with van der Waals surface area (Å²) in [5.41, 5.74) is 7.61. The average molecular weight is 358 g/mol. The van der Waals surface area contributed by atoms with Crippen LogP contribution in [0, 0.1) is 0 Å². The van der Waals surface area contributed by atoms with Gasteiger partial charge in [0.25, 0.3) is 5.91 Å². The van der Waals surface area contributed by atoms with Crippen molar-refractivity contribution in [3.8, 4) is 11.5 Å². The standard InChI is InChI=1S/C19H22N2O5/c1-25-16-5-3-4-14(17(16)26-2)18(22)21-11-13-8-6-12(7-9-13)10-15(20)19(23)24/h3-9,15H,10-11,20H2,1-2H3,(H,21,22)(H,23,24)/t15-/m0/s1. The first-order valence-electron chi connectivity index (χ1n) is 8.01. The highest BCUT2D eigenvalue weighted by molar-refractivity contribution is 5.97. The first-order valence-corrected chi connectivity index (χ1v) is 8.01. The zero-order valence-corrected chi connectivity index (χ0v) is 14.7. The Hall–Kier alpha value is -3.06. The van der Waals surface area contributed by atoms with Crippen LogP contribution in [0.4, 0.5) is 0 Å². The second-order valence-corrected chi connectivity index (χ2v) is 5.69. The first kappa shape index (κ1) is 19.3. The van der Waals surface area contributed by atoms with Crippen molar-refractivity contribution in [3.05, 3.63) is 59.2 Å². The maximum Gasteiger partial charge on any atom is 0.320 e. The Morgan fingerprint density at radius 2 is 1.73 bits per heavy atom. The third-order valence-electron chi connectivity index (χ3n) is 3.90. The van der Waals surface area contributed by atoms with Crippen LogP contribution in [0.25, 0.3) is 0 Å². The van der Waals surface area contributed by atoms with E-state index in [2.05, 4.69) is 5.32 Å². The predicted molar refractivity (Wildman–Crippen MR) is 96.5 cm³/mol. The molecule has 0 spiro atoms. The summed E-state index contributed by atoms with van der Waals surface area (Å²) in [4.78, 5) is 23.2. The van der Waals surface area contributed by atoms with Crippen LogP contribution in [-0.4, -0.2) is 37.2 Å². The molecule has 26 heavy (non-hydrogen) atoms. The zero-order chi connectivity index (χ0) is 19.1. The van der Waals surface area contributed by atoms with E-state index >= 15 is 0 Å². The summed E-state index contributed by atoms with van der Waals surface area (Å²) < 4.78 is 10.5. The highest BCUT2D eigenvalue weighted by Crippen LogP contribution is 2.30. The second-order valence-electron chi connectivity index (χ2n) is 5.69. The van der Waals surface area contributed by atoms with Crippen molar-refractivity contribution in [1.29, 1.82) is 0 Å². The molecule has 0 aromatic heterocycles. The number of carbonyl (C=O) groups excluding carboxylic acids is 1. The van der Waals surface area contributed by atoms with Gasteiger partial charge in [0.15, 0.2) is 11.5 Å². The molecule has 7 nitrogen and oxygen atoms in total. The van der Waals surface area contributed by atoms with Crippen LogP contribution in [0.5, 0.6) is 11.5 Å². The van der Waals surface area contributed by atoms with Gasteiger partial charge in [-0.2, -0.15) is 0 Å².